The number of nitrogens with zero attached hydrogens (tertiary/aromatic N) is 4. The van der Waals surface area contributed by atoms with Gasteiger partial charge in [0.05, 0.1) is 7.11 Å². The Hall–Kier alpha value is -2.18. The number of hydrogen-bond donors (Lipinski definition) is 0. The Morgan fingerprint density at radius 2 is 1.81 bits per heavy atom. The van der Waals surface area contributed by atoms with E-state index in [-0.39, 0.29) is 0 Å². The van der Waals surface area contributed by atoms with Crippen molar-refractivity contribution in [3.63, 3.8) is 0 Å². The molecule has 1 aliphatic heterocycles. The smallest absolute Gasteiger partial charge is 0.247 e. The fourth-order valence-corrected chi connectivity index (χ4v) is 5.21. The number of piperazine rings is 1. The SMILES string of the molecule is COc1ccc(-c2nnc(C[C@@H]3C[C@@H](C(C)C)[C@H](CN4CCN(C)CC4)C=C3C)o2)cc1. The lowest BCUT2D eigenvalue weighted by molar-refractivity contribution is 0.112. The van der Waals surface area contributed by atoms with E-state index in [0.717, 1.165) is 23.6 Å². The minimum absolute atomic E-state index is 0.468. The molecule has 0 radical (unpaired) electrons. The summed E-state index contributed by atoms with van der Waals surface area (Å²) < 4.78 is 11.3. The average Bonchev–Trinajstić information content (AvgIpc) is 3.25. The lowest BCUT2D eigenvalue weighted by atomic mass is 9.69. The molecule has 6 heteroatoms. The van der Waals surface area contributed by atoms with E-state index in [1.807, 2.05) is 24.3 Å². The van der Waals surface area contributed by atoms with Crippen LogP contribution < -0.4 is 4.74 Å². The maximum Gasteiger partial charge on any atom is 0.247 e. The van der Waals surface area contributed by atoms with Gasteiger partial charge in [0.2, 0.25) is 11.8 Å². The third kappa shape index (κ3) is 5.41. The highest BCUT2D eigenvalue weighted by Crippen LogP contribution is 2.39. The van der Waals surface area contributed by atoms with Crippen molar-refractivity contribution in [2.75, 3.05) is 46.9 Å². The Bertz CT molecular complexity index is 897. The first-order valence-electron chi connectivity index (χ1n) is 12.0. The van der Waals surface area contributed by atoms with Crippen LogP contribution in [0, 0.1) is 23.7 Å². The van der Waals surface area contributed by atoms with E-state index in [9.17, 15) is 0 Å². The fourth-order valence-electron chi connectivity index (χ4n) is 5.21. The molecule has 0 N–H and O–H groups in total. The van der Waals surface area contributed by atoms with E-state index < -0.39 is 0 Å². The van der Waals surface area contributed by atoms with Crippen molar-refractivity contribution in [2.45, 2.75) is 33.6 Å². The van der Waals surface area contributed by atoms with E-state index in [4.69, 9.17) is 9.15 Å². The molecule has 0 unspecified atom stereocenters. The molecule has 0 spiro atoms. The van der Waals surface area contributed by atoms with Crippen LogP contribution in [0.25, 0.3) is 11.5 Å². The number of methoxy groups -OCH3 is 1. The molecule has 32 heavy (non-hydrogen) atoms. The lowest BCUT2D eigenvalue weighted by Gasteiger charge is -2.41. The molecule has 2 aliphatic rings. The Morgan fingerprint density at radius 3 is 2.47 bits per heavy atom. The molecule has 174 valence electrons. The monoisotopic (exact) mass is 438 g/mol. The molecule has 1 fully saturated rings. The van der Waals surface area contributed by atoms with E-state index in [0.29, 0.717) is 29.6 Å². The van der Waals surface area contributed by atoms with Gasteiger partial charge in [-0.2, -0.15) is 0 Å². The second kappa shape index (κ2) is 10.2. The van der Waals surface area contributed by atoms with Gasteiger partial charge in [0.25, 0.3) is 0 Å². The summed E-state index contributed by atoms with van der Waals surface area (Å²) in [5.74, 6) is 4.58. The highest BCUT2D eigenvalue weighted by molar-refractivity contribution is 5.53. The zero-order valence-electron chi connectivity index (χ0n) is 20.3. The maximum absolute atomic E-state index is 6.05. The summed E-state index contributed by atoms with van der Waals surface area (Å²) >= 11 is 0. The number of benzene rings is 1. The van der Waals surface area contributed by atoms with Gasteiger partial charge in [-0.25, -0.2) is 0 Å². The van der Waals surface area contributed by atoms with Crippen molar-refractivity contribution in [3.8, 4) is 17.2 Å². The number of aromatic nitrogens is 2. The summed E-state index contributed by atoms with van der Waals surface area (Å²) in [6.07, 6.45) is 4.56. The van der Waals surface area contributed by atoms with Gasteiger partial charge in [0, 0.05) is 44.7 Å². The second-order valence-corrected chi connectivity index (χ2v) is 9.95. The largest absolute Gasteiger partial charge is 0.497 e. The van der Waals surface area contributed by atoms with E-state index in [2.05, 4.69) is 53.9 Å². The quantitative estimate of drug-likeness (QED) is 0.598. The normalized spacial score (nSPS) is 25.2. The van der Waals surface area contributed by atoms with Gasteiger partial charge in [0.1, 0.15) is 5.75 Å². The second-order valence-electron chi connectivity index (χ2n) is 9.95. The van der Waals surface area contributed by atoms with Gasteiger partial charge >= 0.3 is 0 Å². The van der Waals surface area contributed by atoms with Crippen LogP contribution >= 0.6 is 0 Å². The number of likely N-dealkylation sites (N-methyl/N-ethyl adjacent to an activating group) is 1. The predicted molar refractivity (Wildman–Crippen MR) is 128 cm³/mol. The fraction of sp³-hybridized carbons (Fsp3) is 0.615. The van der Waals surface area contributed by atoms with Crippen molar-refractivity contribution < 1.29 is 9.15 Å². The molecule has 6 nitrogen and oxygen atoms in total. The third-order valence-electron chi connectivity index (χ3n) is 7.37. The average molecular weight is 439 g/mol. The highest BCUT2D eigenvalue weighted by atomic mass is 16.5. The molecule has 0 bridgehead atoms. The van der Waals surface area contributed by atoms with Crippen molar-refractivity contribution in [2.24, 2.45) is 23.7 Å². The first kappa shape index (κ1) is 23.0. The number of rotatable bonds is 7. The number of ether oxygens (including phenoxy) is 1. The van der Waals surface area contributed by atoms with Gasteiger partial charge in [-0.3, -0.25) is 0 Å². The summed E-state index contributed by atoms with van der Waals surface area (Å²) in [6.45, 7) is 13.0. The summed E-state index contributed by atoms with van der Waals surface area (Å²) in [6, 6.07) is 7.75. The summed E-state index contributed by atoms with van der Waals surface area (Å²) in [5, 5.41) is 8.66. The van der Waals surface area contributed by atoms with Crippen molar-refractivity contribution in [1.82, 2.24) is 20.0 Å². The van der Waals surface area contributed by atoms with Crippen LogP contribution in [-0.2, 0) is 6.42 Å². The van der Waals surface area contributed by atoms with Crippen molar-refractivity contribution >= 4 is 0 Å². The molecule has 2 heterocycles. The van der Waals surface area contributed by atoms with Gasteiger partial charge in [-0.1, -0.05) is 25.5 Å². The van der Waals surface area contributed by atoms with E-state index in [1.54, 1.807) is 7.11 Å². The van der Waals surface area contributed by atoms with Gasteiger partial charge in [0.15, 0.2) is 0 Å². The van der Waals surface area contributed by atoms with E-state index >= 15 is 0 Å². The number of hydrogen-bond acceptors (Lipinski definition) is 6. The van der Waals surface area contributed by atoms with Crippen LogP contribution in [0.3, 0.4) is 0 Å². The Labute approximate surface area is 192 Å². The molecule has 4 rings (SSSR count). The standard InChI is InChI=1S/C26H38N4O2/c1-18(2)24-15-21(19(3)14-22(24)17-30-12-10-29(4)11-13-30)16-25-27-28-26(32-25)20-6-8-23(31-5)9-7-20/h6-9,14,18,21-22,24H,10-13,15-17H2,1-5H3/t21-,22-,24-/m0/s1. The van der Waals surface area contributed by atoms with Crippen molar-refractivity contribution in [1.29, 1.82) is 0 Å². The Morgan fingerprint density at radius 1 is 1.09 bits per heavy atom. The molecule has 2 aromatic rings. The van der Waals surface area contributed by atoms with E-state index in [1.165, 1.54) is 44.7 Å². The number of allylic oxidation sites excluding steroid dienone is 1. The molecule has 1 aromatic heterocycles. The van der Waals surface area contributed by atoms with Crippen LogP contribution in [0.5, 0.6) is 5.75 Å². The highest BCUT2D eigenvalue weighted by Gasteiger charge is 2.33. The van der Waals surface area contributed by atoms with Crippen molar-refractivity contribution in [3.05, 3.63) is 41.8 Å². The molecular weight excluding hydrogens is 400 g/mol. The van der Waals surface area contributed by atoms with Gasteiger partial charge in [-0.15, -0.1) is 10.2 Å². The molecule has 1 aromatic carbocycles. The minimum Gasteiger partial charge on any atom is -0.497 e. The van der Waals surface area contributed by atoms with Crippen LogP contribution in [-0.4, -0.2) is 66.9 Å². The first-order valence-corrected chi connectivity index (χ1v) is 12.0. The molecule has 0 saturated carbocycles. The maximum atomic E-state index is 6.05. The summed E-state index contributed by atoms with van der Waals surface area (Å²) in [5.41, 5.74) is 2.40. The van der Waals surface area contributed by atoms with Crippen LogP contribution in [0.1, 0.15) is 33.1 Å². The summed E-state index contributed by atoms with van der Waals surface area (Å²) in [7, 11) is 3.89. The summed E-state index contributed by atoms with van der Waals surface area (Å²) in [4.78, 5) is 5.09. The lowest BCUT2D eigenvalue weighted by Crippen LogP contribution is -2.47. The topological polar surface area (TPSA) is 54.6 Å². The van der Waals surface area contributed by atoms with Gasteiger partial charge in [-0.05, 0) is 68.3 Å². The minimum atomic E-state index is 0.468. The molecule has 3 atom stereocenters. The van der Waals surface area contributed by atoms with Crippen LogP contribution in [0.4, 0.5) is 0 Å². The molecule has 1 saturated heterocycles. The van der Waals surface area contributed by atoms with Crippen LogP contribution in [0.15, 0.2) is 40.3 Å². The Kier molecular flexibility index (Phi) is 7.31. The molecule has 0 amide bonds. The van der Waals surface area contributed by atoms with Gasteiger partial charge < -0.3 is 19.0 Å². The van der Waals surface area contributed by atoms with Crippen LogP contribution in [0.2, 0.25) is 0 Å². The molecular formula is C26H38N4O2. The predicted octanol–water partition coefficient (Wildman–Crippen LogP) is 4.39. The first-order chi connectivity index (χ1) is 15.4. The zero-order chi connectivity index (χ0) is 22.7. The molecule has 1 aliphatic carbocycles. The zero-order valence-corrected chi connectivity index (χ0v) is 20.3. The third-order valence-corrected chi connectivity index (χ3v) is 7.37. The Balaban J connectivity index is 1.43.